The smallest absolute Gasteiger partial charge is 0.119 e. The van der Waals surface area contributed by atoms with Gasteiger partial charge in [0.25, 0.3) is 0 Å². The Hall–Kier alpha value is -1.06. The third kappa shape index (κ3) is 5.14. The first kappa shape index (κ1) is 15.3. The minimum atomic E-state index is -0.346. The second kappa shape index (κ2) is 7.65. The van der Waals surface area contributed by atoms with E-state index in [1.165, 1.54) is 31.2 Å². The fraction of sp³-hybridized carbons (Fsp3) is 0.647. The maximum Gasteiger partial charge on any atom is 0.119 e. The van der Waals surface area contributed by atoms with Crippen LogP contribution in [0.4, 0.5) is 0 Å². The summed E-state index contributed by atoms with van der Waals surface area (Å²) in [4.78, 5) is 0. The molecule has 0 radical (unpaired) electrons. The molecule has 2 unspecified atom stereocenters. The fourth-order valence-electron chi connectivity index (χ4n) is 2.98. The van der Waals surface area contributed by atoms with Gasteiger partial charge < -0.3 is 15.6 Å². The van der Waals surface area contributed by atoms with E-state index >= 15 is 0 Å². The summed E-state index contributed by atoms with van der Waals surface area (Å²) >= 11 is 0. The Labute approximate surface area is 122 Å². The van der Waals surface area contributed by atoms with Crippen molar-refractivity contribution >= 4 is 0 Å². The van der Waals surface area contributed by atoms with Gasteiger partial charge in [0, 0.05) is 6.04 Å². The highest BCUT2D eigenvalue weighted by molar-refractivity contribution is 5.27. The molecule has 112 valence electrons. The number of hydrogen-bond acceptors (Lipinski definition) is 3. The lowest BCUT2D eigenvalue weighted by Crippen LogP contribution is -2.20. The molecule has 1 aromatic carbocycles. The number of benzene rings is 1. The van der Waals surface area contributed by atoms with Crippen molar-refractivity contribution in [2.45, 2.75) is 57.6 Å². The molecule has 0 amide bonds. The summed E-state index contributed by atoms with van der Waals surface area (Å²) in [5, 5.41) is 10.0. The number of rotatable bonds is 7. The van der Waals surface area contributed by atoms with Crippen LogP contribution < -0.4 is 10.5 Å². The molecule has 1 aliphatic rings. The molecule has 1 aliphatic carbocycles. The maximum atomic E-state index is 10.0. The van der Waals surface area contributed by atoms with E-state index in [4.69, 9.17) is 10.5 Å². The predicted molar refractivity (Wildman–Crippen MR) is 81.9 cm³/mol. The third-order valence-electron chi connectivity index (χ3n) is 4.00. The number of aliphatic hydroxyl groups is 1. The molecule has 0 saturated heterocycles. The largest absolute Gasteiger partial charge is 0.491 e. The lowest BCUT2D eigenvalue weighted by Gasteiger charge is -2.16. The van der Waals surface area contributed by atoms with Crippen LogP contribution >= 0.6 is 0 Å². The Balaban J connectivity index is 1.72. The molecule has 0 aromatic heterocycles. The Morgan fingerprint density at radius 1 is 1.25 bits per heavy atom. The third-order valence-corrected chi connectivity index (χ3v) is 4.00. The van der Waals surface area contributed by atoms with Crippen LogP contribution in [0.3, 0.4) is 0 Å². The Bertz CT molecular complexity index is 382. The van der Waals surface area contributed by atoms with Crippen LogP contribution in [0.15, 0.2) is 24.3 Å². The first-order valence-electron chi connectivity index (χ1n) is 7.79. The van der Waals surface area contributed by atoms with Crippen LogP contribution in [0.1, 0.15) is 44.6 Å². The summed E-state index contributed by atoms with van der Waals surface area (Å²) in [6.45, 7) is 2.40. The van der Waals surface area contributed by atoms with Gasteiger partial charge in [-0.2, -0.15) is 0 Å². The highest BCUT2D eigenvalue weighted by Crippen LogP contribution is 2.28. The predicted octanol–water partition coefficient (Wildman–Crippen LogP) is 2.90. The summed E-state index contributed by atoms with van der Waals surface area (Å²) < 4.78 is 5.66. The van der Waals surface area contributed by atoms with Gasteiger partial charge in [0.2, 0.25) is 0 Å². The first-order chi connectivity index (χ1) is 9.63. The van der Waals surface area contributed by atoms with Gasteiger partial charge in [0.05, 0.1) is 6.10 Å². The molecule has 3 N–H and O–H groups in total. The molecule has 2 atom stereocenters. The quantitative estimate of drug-likeness (QED) is 0.805. The standard InChI is InChI=1S/C17H27NO2/c1-13(18)10-15-6-8-17(9-7-15)20-12-16(19)11-14-4-2-3-5-14/h6-9,13-14,16,19H,2-5,10-12,18H2,1H3. The molecule has 3 nitrogen and oxygen atoms in total. The lowest BCUT2D eigenvalue weighted by atomic mass is 10.0. The second-order valence-electron chi connectivity index (χ2n) is 6.18. The highest BCUT2D eigenvalue weighted by Gasteiger charge is 2.19. The number of ether oxygens (including phenoxy) is 1. The van der Waals surface area contributed by atoms with Crippen molar-refractivity contribution in [1.82, 2.24) is 0 Å². The molecular formula is C17H27NO2. The van der Waals surface area contributed by atoms with Crippen molar-refractivity contribution in [1.29, 1.82) is 0 Å². The molecule has 2 rings (SSSR count). The summed E-state index contributed by atoms with van der Waals surface area (Å²) in [5.74, 6) is 1.52. The Morgan fingerprint density at radius 2 is 1.90 bits per heavy atom. The summed E-state index contributed by atoms with van der Waals surface area (Å²) in [5.41, 5.74) is 7.00. The van der Waals surface area contributed by atoms with Crippen molar-refractivity contribution in [3.05, 3.63) is 29.8 Å². The zero-order valence-corrected chi connectivity index (χ0v) is 12.4. The summed E-state index contributed by atoms with van der Waals surface area (Å²) in [6, 6.07) is 8.18. The summed E-state index contributed by atoms with van der Waals surface area (Å²) in [7, 11) is 0. The van der Waals surface area contributed by atoms with Gasteiger partial charge in [-0.15, -0.1) is 0 Å². The molecule has 1 saturated carbocycles. The Morgan fingerprint density at radius 3 is 2.50 bits per heavy atom. The maximum absolute atomic E-state index is 10.0. The Kier molecular flexibility index (Phi) is 5.86. The van der Waals surface area contributed by atoms with Crippen LogP contribution in [-0.4, -0.2) is 23.9 Å². The van der Waals surface area contributed by atoms with Crippen molar-refractivity contribution in [3.63, 3.8) is 0 Å². The molecule has 20 heavy (non-hydrogen) atoms. The van der Waals surface area contributed by atoms with Crippen molar-refractivity contribution < 1.29 is 9.84 Å². The van der Waals surface area contributed by atoms with Gasteiger partial charge in [-0.1, -0.05) is 37.8 Å². The highest BCUT2D eigenvalue weighted by atomic mass is 16.5. The van der Waals surface area contributed by atoms with Gasteiger partial charge >= 0.3 is 0 Å². The second-order valence-corrected chi connectivity index (χ2v) is 6.18. The number of hydrogen-bond donors (Lipinski definition) is 2. The van der Waals surface area contributed by atoms with E-state index in [-0.39, 0.29) is 12.1 Å². The minimum absolute atomic E-state index is 0.176. The van der Waals surface area contributed by atoms with Gasteiger partial charge in [-0.05, 0) is 43.4 Å². The molecule has 0 spiro atoms. The zero-order chi connectivity index (χ0) is 14.4. The fourth-order valence-corrected chi connectivity index (χ4v) is 2.98. The average molecular weight is 277 g/mol. The van der Waals surface area contributed by atoms with E-state index in [9.17, 15) is 5.11 Å². The molecule has 3 heteroatoms. The van der Waals surface area contributed by atoms with Crippen molar-refractivity contribution in [2.75, 3.05) is 6.61 Å². The van der Waals surface area contributed by atoms with Crippen LogP contribution in [0, 0.1) is 5.92 Å². The van der Waals surface area contributed by atoms with E-state index in [0.29, 0.717) is 12.5 Å². The molecular weight excluding hydrogens is 250 g/mol. The molecule has 0 bridgehead atoms. The molecule has 0 aliphatic heterocycles. The van der Waals surface area contributed by atoms with Crippen molar-refractivity contribution in [2.24, 2.45) is 11.7 Å². The minimum Gasteiger partial charge on any atom is -0.491 e. The van der Waals surface area contributed by atoms with E-state index < -0.39 is 0 Å². The van der Waals surface area contributed by atoms with Gasteiger partial charge in [0.1, 0.15) is 12.4 Å². The van der Waals surface area contributed by atoms with Gasteiger partial charge in [0.15, 0.2) is 0 Å². The van der Waals surface area contributed by atoms with E-state index in [1.807, 2.05) is 31.2 Å². The van der Waals surface area contributed by atoms with E-state index in [2.05, 4.69) is 0 Å². The van der Waals surface area contributed by atoms with E-state index in [0.717, 1.165) is 18.6 Å². The van der Waals surface area contributed by atoms with Crippen LogP contribution in [0.2, 0.25) is 0 Å². The number of nitrogens with two attached hydrogens (primary N) is 1. The van der Waals surface area contributed by atoms with E-state index in [1.54, 1.807) is 0 Å². The topological polar surface area (TPSA) is 55.5 Å². The van der Waals surface area contributed by atoms with Crippen LogP contribution in [0.25, 0.3) is 0 Å². The normalized spacial score (nSPS) is 18.9. The molecule has 0 heterocycles. The van der Waals surface area contributed by atoms with Crippen LogP contribution in [-0.2, 0) is 6.42 Å². The van der Waals surface area contributed by atoms with Crippen LogP contribution in [0.5, 0.6) is 5.75 Å². The zero-order valence-electron chi connectivity index (χ0n) is 12.4. The average Bonchev–Trinajstić information content (AvgIpc) is 2.90. The molecule has 1 aromatic rings. The monoisotopic (exact) mass is 277 g/mol. The summed E-state index contributed by atoms with van der Waals surface area (Å²) in [6.07, 6.45) is 6.58. The van der Waals surface area contributed by atoms with Crippen molar-refractivity contribution in [3.8, 4) is 5.75 Å². The first-order valence-corrected chi connectivity index (χ1v) is 7.79. The van der Waals surface area contributed by atoms with Gasteiger partial charge in [-0.3, -0.25) is 0 Å². The SMILES string of the molecule is CC(N)Cc1ccc(OCC(O)CC2CCCC2)cc1. The lowest BCUT2D eigenvalue weighted by molar-refractivity contribution is 0.0855. The number of aliphatic hydroxyl groups excluding tert-OH is 1. The van der Waals surface area contributed by atoms with Gasteiger partial charge in [-0.25, -0.2) is 0 Å². The molecule has 1 fully saturated rings.